The zero-order chi connectivity index (χ0) is 14.1. The monoisotopic (exact) mass is 461 g/mol. The van der Waals surface area contributed by atoms with Crippen molar-refractivity contribution in [2.75, 3.05) is 0 Å². The fourth-order valence-electron chi connectivity index (χ4n) is 2.87. The van der Waals surface area contributed by atoms with Gasteiger partial charge in [-0.05, 0) is 78.1 Å². The van der Waals surface area contributed by atoms with E-state index in [0.717, 1.165) is 4.47 Å². The van der Waals surface area contributed by atoms with Crippen LogP contribution in [-0.4, -0.2) is 0 Å². The number of hydrogen-bond donors (Lipinski definition) is 1. The summed E-state index contributed by atoms with van der Waals surface area (Å²) in [5, 5.41) is 3.81. The number of aryl methyl sites for hydroxylation is 1. The standard InChI is InChI=1S/C16H17BrINS/c1-10(11-4-2-5-12(17)8-11)19-14-6-3-7-15-13(14)9-16(18)20-15/h2,4-5,8-10,14,19H,3,6-7H2,1H3/t10-,14?/m0/s1. The summed E-state index contributed by atoms with van der Waals surface area (Å²) in [6, 6.07) is 11.8. The van der Waals surface area contributed by atoms with Gasteiger partial charge < -0.3 is 5.32 Å². The quantitative estimate of drug-likeness (QED) is 0.566. The smallest absolute Gasteiger partial charge is 0.0659 e. The molecule has 2 atom stereocenters. The highest BCUT2D eigenvalue weighted by atomic mass is 127. The van der Waals surface area contributed by atoms with Gasteiger partial charge in [0.05, 0.1) is 2.88 Å². The molecular formula is C16H17BrINS. The van der Waals surface area contributed by atoms with E-state index in [0.29, 0.717) is 12.1 Å². The topological polar surface area (TPSA) is 12.0 Å². The third-order valence-electron chi connectivity index (χ3n) is 3.88. The van der Waals surface area contributed by atoms with E-state index in [-0.39, 0.29) is 0 Å². The van der Waals surface area contributed by atoms with E-state index >= 15 is 0 Å². The maximum atomic E-state index is 3.81. The lowest BCUT2D eigenvalue weighted by Crippen LogP contribution is -2.27. The van der Waals surface area contributed by atoms with Crippen LogP contribution in [-0.2, 0) is 6.42 Å². The second-order valence-corrected chi connectivity index (χ2v) is 9.26. The molecule has 1 aliphatic carbocycles. The van der Waals surface area contributed by atoms with E-state index in [1.165, 1.54) is 33.3 Å². The Morgan fingerprint density at radius 1 is 1.40 bits per heavy atom. The van der Waals surface area contributed by atoms with E-state index < -0.39 is 0 Å². The minimum absolute atomic E-state index is 0.376. The van der Waals surface area contributed by atoms with Crippen LogP contribution in [0.4, 0.5) is 0 Å². The number of thiophene rings is 1. The summed E-state index contributed by atoms with van der Waals surface area (Å²) in [4.78, 5) is 1.58. The lowest BCUT2D eigenvalue weighted by atomic mass is 9.93. The average Bonchev–Trinajstić information content (AvgIpc) is 2.80. The van der Waals surface area contributed by atoms with Crippen molar-refractivity contribution >= 4 is 49.9 Å². The highest BCUT2D eigenvalue weighted by Gasteiger charge is 2.24. The van der Waals surface area contributed by atoms with Gasteiger partial charge in [0.15, 0.2) is 0 Å². The van der Waals surface area contributed by atoms with Crippen molar-refractivity contribution in [1.29, 1.82) is 0 Å². The maximum absolute atomic E-state index is 3.81. The van der Waals surface area contributed by atoms with Gasteiger partial charge in [0.1, 0.15) is 0 Å². The molecule has 0 radical (unpaired) electrons. The highest BCUT2D eigenvalue weighted by Crippen LogP contribution is 2.37. The summed E-state index contributed by atoms with van der Waals surface area (Å²) in [5.74, 6) is 0. The van der Waals surface area contributed by atoms with E-state index in [4.69, 9.17) is 0 Å². The molecule has 0 saturated heterocycles. The van der Waals surface area contributed by atoms with Crippen LogP contribution in [0.15, 0.2) is 34.8 Å². The molecule has 106 valence electrons. The molecule has 1 aromatic heterocycles. The largest absolute Gasteiger partial charge is 0.303 e. The molecule has 0 saturated carbocycles. The first-order valence-electron chi connectivity index (χ1n) is 6.93. The van der Waals surface area contributed by atoms with Gasteiger partial charge >= 0.3 is 0 Å². The summed E-state index contributed by atoms with van der Waals surface area (Å²) in [5.41, 5.74) is 2.88. The third-order valence-corrected chi connectivity index (χ3v) is 6.35. The van der Waals surface area contributed by atoms with E-state index in [1.807, 2.05) is 11.3 Å². The molecule has 1 unspecified atom stereocenters. The van der Waals surface area contributed by atoms with Gasteiger partial charge in [-0.15, -0.1) is 11.3 Å². The van der Waals surface area contributed by atoms with Gasteiger partial charge in [-0.2, -0.15) is 0 Å². The van der Waals surface area contributed by atoms with Crippen LogP contribution in [0, 0.1) is 2.88 Å². The Morgan fingerprint density at radius 3 is 3.05 bits per heavy atom. The maximum Gasteiger partial charge on any atom is 0.0659 e. The molecule has 4 heteroatoms. The van der Waals surface area contributed by atoms with Crippen molar-refractivity contribution in [2.24, 2.45) is 0 Å². The Morgan fingerprint density at radius 2 is 2.25 bits per heavy atom. The Hall–Kier alpha value is 0.0900. The van der Waals surface area contributed by atoms with Gasteiger partial charge in [0, 0.05) is 21.4 Å². The first-order chi connectivity index (χ1) is 9.63. The summed E-state index contributed by atoms with van der Waals surface area (Å²) in [6.45, 7) is 2.26. The Kier molecular flexibility index (Phi) is 4.85. The second kappa shape index (κ2) is 6.46. The van der Waals surface area contributed by atoms with Gasteiger partial charge in [0.2, 0.25) is 0 Å². The Labute approximate surface area is 146 Å². The molecule has 2 aromatic rings. The fraction of sp³-hybridized carbons (Fsp3) is 0.375. The second-order valence-electron chi connectivity index (χ2n) is 5.32. The van der Waals surface area contributed by atoms with Gasteiger partial charge in [-0.1, -0.05) is 28.1 Å². The predicted octanol–water partition coefficient (Wildman–Crippen LogP) is 5.84. The lowest BCUT2D eigenvalue weighted by Gasteiger charge is -2.27. The van der Waals surface area contributed by atoms with E-state index in [9.17, 15) is 0 Å². The molecule has 1 N–H and O–H groups in total. The highest BCUT2D eigenvalue weighted by molar-refractivity contribution is 14.1. The summed E-state index contributed by atoms with van der Waals surface area (Å²) in [7, 11) is 0. The van der Waals surface area contributed by atoms with Crippen molar-refractivity contribution in [3.8, 4) is 0 Å². The van der Waals surface area contributed by atoms with Crippen LogP contribution in [0.25, 0.3) is 0 Å². The molecule has 1 aromatic carbocycles. The zero-order valence-electron chi connectivity index (χ0n) is 11.3. The number of benzene rings is 1. The molecule has 1 nitrogen and oxygen atoms in total. The van der Waals surface area contributed by atoms with Crippen LogP contribution in [0.5, 0.6) is 0 Å². The van der Waals surface area contributed by atoms with Gasteiger partial charge in [0.25, 0.3) is 0 Å². The van der Waals surface area contributed by atoms with Crippen LogP contribution in [0.1, 0.15) is 47.9 Å². The SMILES string of the molecule is C[C@H](NC1CCCc2sc(I)cc21)c1cccc(Br)c1. The molecule has 0 amide bonds. The van der Waals surface area contributed by atoms with Crippen molar-refractivity contribution < 1.29 is 0 Å². The average molecular weight is 462 g/mol. The number of nitrogens with one attached hydrogen (secondary N) is 1. The first kappa shape index (κ1) is 15.0. The summed E-state index contributed by atoms with van der Waals surface area (Å²) < 4.78 is 2.56. The molecule has 0 bridgehead atoms. The van der Waals surface area contributed by atoms with E-state index in [2.05, 4.69) is 81.1 Å². The van der Waals surface area contributed by atoms with Gasteiger partial charge in [-0.3, -0.25) is 0 Å². The lowest BCUT2D eigenvalue weighted by molar-refractivity contribution is 0.418. The normalized spacial score (nSPS) is 19.6. The zero-order valence-corrected chi connectivity index (χ0v) is 15.9. The van der Waals surface area contributed by atoms with Crippen LogP contribution >= 0.6 is 49.9 Å². The number of rotatable bonds is 3. The summed E-state index contributed by atoms with van der Waals surface area (Å²) in [6.07, 6.45) is 3.80. The molecule has 0 fully saturated rings. The van der Waals surface area contributed by atoms with Crippen LogP contribution < -0.4 is 5.32 Å². The minimum atomic E-state index is 0.376. The molecule has 1 aliphatic rings. The van der Waals surface area contributed by atoms with Crippen molar-refractivity contribution in [1.82, 2.24) is 5.32 Å². The van der Waals surface area contributed by atoms with Crippen LogP contribution in [0.3, 0.4) is 0 Å². The fourth-order valence-corrected chi connectivity index (χ4v) is 5.40. The predicted molar refractivity (Wildman–Crippen MR) is 98.4 cm³/mol. The number of fused-ring (bicyclic) bond motifs is 1. The van der Waals surface area contributed by atoms with Gasteiger partial charge in [-0.25, -0.2) is 0 Å². The van der Waals surface area contributed by atoms with Crippen molar-refractivity contribution in [3.63, 3.8) is 0 Å². The molecular weight excluding hydrogens is 445 g/mol. The van der Waals surface area contributed by atoms with Crippen molar-refractivity contribution in [2.45, 2.75) is 38.3 Å². The minimum Gasteiger partial charge on any atom is -0.303 e. The molecule has 3 rings (SSSR count). The number of halogens is 2. The molecule has 0 spiro atoms. The third kappa shape index (κ3) is 3.29. The number of hydrogen-bond acceptors (Lipinski definition) is 2. The Balaban J connectivity index is 1.78. The van der Waals surface area contributed by atoms with Crippen molar-refractivity contribution in [3.05, 3.63) is 53.7 Å². The van der Waals surface area contributed by atoms with E-state index in [1.54, 1.807) is 4.88 Å². The molecule has 20 heavy (non-hydrogen) atoms. The Bertz CT molecular complexity index is 610. The molecule has 1 heterocycles. The first-order valence-corrected chi connectivity index (χ1v) is 9.62. The molecule has 0 aliphatic heterocycles. The summed E-state index contributed by atoms with van der Waals surface area (Å²) >= 11 is 7.96. The van der Waals surface area contributed by atoms with Crippen LogP contribution in [0.2, 0.25) is 0 Å².